The lowest BCUT2D eigenvalue weighted by molar-refractivity contribution is -0.122. The molecule has 0 aromatic heterocycles. The summed E-state index contributed by atoms with van der Waals surface area (Å²) in [7, 11) is 0. The second kappa shape index (κ2) is 7.16. The van der Waals surface area contributed by atoms with E-state index < -0.39 is 12.7 Å². The van der Waals surface area contributed by atoms with Gasteiger partial charge in [0.2, 0.25) is 11.8 Å². The summed E-state index contributed by atoms with van der Waals surface area (Å²) in [6.07, 6.45) is -0.0740. The largest absolute Gasteiger partial charge is 0.435 e. The first-order valence-electron chi connectivity index (χ1n) is 7.52. The molecule has 0 bridgehead atoms. The minimum absolute atomic E-state index is 0.00192. The van der Waals surface area contributed by atoms with Gasteiger partial charge in [-0.3, -0.25) is 9.59 Å². The Hall–Kier alpha value is -3.16. The fourth-order valence-electron chi connectivity index (χ4n) is 2.45. The van der Waals surface area contributed by atoms with Gasteiger partial charge >= 0.3 is 6.61 Å². The number of benzene rings is 2. The summed E-state index contributed by atoms with van der Waals surface area (Å²) in [4.78, 5) is 24.2. The number of hydrogen-bond donors (Lipinski definition) is 3. The molecule has 1 aliphatic rings. The van der Waals surface area contributed by atoms with Crippen LogP contribution < -0.4 is 20.7 Å². The number of carbonyl (C=O) groups is 2. The van der Waals surface area contributed by atoms with Crippen molar-refractivity contribution in [1.29, 1.82) is 0 Å². The van der Waals surface area contributed by atoms with Gasteiger partial charge < -0.3 is 20.7 Å². The number of para-hydroxylation sites is 2. The van der Waals surface area contributed by atoms with Crippen molar-refractivity contribution in [3.05, 3.63) is 48.5 Å². The third kappa shape index (κ3) is 4.23. The van der Waals surface area contributed by atoms with Crippen LogP contribution in [0.5, 0.6) is 5.75 Å². The average Bonchev–Trinajstić information content (AvgIpc) is 2.57. The molecule has 130 valence electrons. The smallest absolute Gasteiger partial charge is 0.387 e. The Morgan fingerprint density at radius 2 is 1.80 bits per heavy atom. The Morgan fingerprint density at radius 3 is 2.48 bits per heavy atom. The van der Waals surface area contributed by atoms with Crippen molar-refractivity contribution in [2.45, 2.75) is 19.1 Å². The number of hydrogen-bond acceptors (Lipinski definition) is 4. The summed E-state index contributed by atoms with van der Waals surface area (Å²) in [5, 5.41) is 8.37. The van der Waals surface area contributed by atoms with Crippen LogP contribution in [0.25, 0.3) is 0 Å². The van der Waals surface area contributed by atoms with E-state index in [1.54, 1.807) is 18.2 Å². The van der Waals surface area contributed by atoms with Crippen LogP contribution in [0, 0.1) is 0 Å². The van der Waals surface area contributed by atoms with Crippen LogP contribution in [0.2, 0.25) is 0 Å². The number of ether oxygens (including phenoxy) is 1. The Labute approximate surface area is 142 Å². The molecule has 0 aliphatic carbocycles. The highest BCUT2D eigenvalue weighted by Crippen LogP contribution is 2.27. The second-order valence-corrected chi connectivity index (χ2v) is 5.39. The lowest BCUT2D eigenvalue weighted by Gasteiger charge is -2.26. The van der Waals surface area contributed by atoms with Crippen molar-refractivity contribution in [2.75, 3.05) is 16.0 Å². The predicted octanol–water partition coefficient (Wildman–Crippen LogP) is 3.05. The van der Waals surface area contributed by atoms with E-state index in [1.165, 1.54) is 24.3 Å². The van der Waals surface area contributed by atoms with Gasteiger partial charge in [-0.25, -0.2) is 0 Å². The summed E-state index contributed by atoms with van der Waals surface area (Å²) >= 11 is 0. The zero-order valence-electron chi connectivity index (χ0n) is 13.0. The molecule has 0 saturated heterocycles. The van der Waals surface area contributed by atoms with Gasteiger partial charge in [-0.2, -0.15) is 8.78 Å². The summed E-state index contributed by atoms with van der Waals surface area (Å²) in [6.45, 7) is -2.90. The number of halogens is 2. The molecule has 0 saturated carbocycles. The highest BCUT2D eigenvalue weighted by Gasteiger charge is 2.27. The summed E-state index contributed by atoms with van der Waals surface area (Å²) in [5.74, 6) is -0.679. The average molecular weight is 347 g/mol. The molecule has 0 spiro atoms. The minimum Gasteiger partial charge on any atom is -0.435 e. The van der Waals surface area contributed by atoms with Crippen LogP contribution in [-0.4, -0.2) is 24.5 Å². The monoisotopic (exact) mass is 347 g/mol. The van der Waals surface area contributed by atoms with Crippen LogP contribution in [0.4, 0.5) is 25.8 Å². The number of fused-ring (bicyclic) bond motifs is 1. The van der Waals surface area contributed by atoms with Crippen LogP contribution in [-0.2, 0) is 9.59 Å². The van der Waals surface area contributed by atoms with Crippen molar-refractivity contribution in [3.63, 3.8) is 0 Å². The van der Waals surface area contributed by atoms with E-state index in [2.05, 4.69) is 20.7 Å². The molecule has 1 aliphatic heterocycles. The lowest BCUT2D eigenvalue weighted by Crippen LogP contribution is -2.41. The normalized spacial score (nSPS) is 15.8. The third-order valence-electron chi connectivity index (χ3n) is 3.58. The second-order valence-electron chi connectivity index (χ2n) is 5.39. The molecule has 2 aromatic carbocycles. The number of anilines is 3. The van der Waals surface area contributed by atoms with E-state index in [0.717, 1.165) is 5.69 Å². The Morgan fingerprint density at radius 1 is 1.12 bits per heavy atom. The van der Waals surface area contributed by atoms with Crippen LogP contribution in [0.15, 0.2) is 48.5 Å². The maximum absolute atomic E-state index is 12.1. The molecule has 2 amide bonds. The first kappa shape index (κ1) is 16.7. The first-order chi connectivity index (χ1) is 12.0. The van der Waals surface area contributed by atoms with E-state index in [1.807, 2.05) is 6.07 Å². The Balaban J connectivity index is 1.58. The van der Waals surface area contributed by atoms with Gasteiger partial charge in [0, 0.05) is 5.69 Å². The van der Waals surface area contributed by atoms with Crippen molar-refractivity contribution in [3.8, 4) is 5.75 Å². The highest BCUT2D eigenvalue weighted by atomic mass is 19.3. The summed E-state index contributed by atoms with van der Waals surface area (Å²) in [5.41, 5.74) is 1.83. The molecule has 1 heterocycles. The zero-order chi connectivity index (χ0) is 17.8. The van der Waals surface area contributed by atoms with Crippen molar-refractivity contribution < 1.29 is 23.1 Å². The highest BCUT2D eigenvalue weighted by molar-refractivity contribution is 6.06. The molecule has 0 radical (unpaired) electrons. The number of alkyl halides is 2. The fraction of sp³-hybridized carbons (Fsp3) is 0.176. The Kier molecular flexibility index (Phi) is 4.78. The van der Waals surface area contributed by atoms with E-state index in [4.69, 9.17) is 0 Å². The number of rotatable bonds is 5. The van der Waals surface area contributed by atoms with Gasteiger partial charge in [0.15, 0.2) is 0 Å². The lowest BCUT2D eigenvalue weighted by atomic mass is 10.1. The molecule has 1 atom stereocenters. The van der Waals surface area contributed by atoms with E-state index in [0.29, 0.717) is 11.4 Å². The van der Waals surface area contributed by atoms with Gasteiger partial charge in [0.1, 0.15) is 11.8 Å². The van der Waals surface area contributed by atoms with Gasteiger partial charge in [-0.15, -0.1) is 0 Å². The van der Waals surface area contributed by atoms with Crippen molar-refractivity contribution >= 4 is 28.9 Å². The van der Waals surface area contributed by atoms with E-state index in [9.17, 15) is 18.4 Å². The summed E-state index contributed by atoms with van der Waals surface area (Å²) in [6, 6.07) is 12.0. The topological polar surface area (TPSA) is 79.5 Å². The van der Waals surface area contributed by atoms with Gasteiger partial charge in [-0.05, 0) is 36.4 Å². The number of carbonyl (C=O) groups excluding carboxylic acids is 2. The van der Waals surface area contributed by atoms with Gasteiger partial charge in [0.25, 0.3) is 0 Å². The molecular weight excluding hydrogens is 332 g/mol. The molecule has 2 aromatic rings. The SMILES string of the molecule is O=C(C[C@H]1Nc2ccccc2NC1=O)Nc1ccc(OC(F)F)cc1. The van der Waals surface area contributed by atoms with Gasteiger partial charge in [-0.1, -0.05) is 12.1 Å². The van der Waals surface area contributed by atoms with Gasteiger partial charge in [0.05, 0.1) is 17.8 Å². The molecule has 3 rings (SSSR count). The van der Waals surface area contributed by atoms with Crippen LogP contribution in [0.3, 0.4) is 0 Å². The number of amides is 2. The predicted molar refractivity (Wildman–Crippen MR) is 88.8 cm³/mol. The minimum atomic E-state index is -2.90. The number of nitrogens with one attached hydrogen (secondary N) is 3. The zero-order valence-corrected chi connectivity index (χ0v) is 13.0. The molecule has 3 N–H and O–H groups in total. The maximum Gasteiger partial charge on any atom is 0.387 e. The first-order valence-corrected chi connectivity index (χ1v) is 7.52. The molecule has 0 fully saturated rings. The van der Waals surface area contributed by atoms with Crippen LogP contribution >= 0.6 is 0 Å². The fourth-order valence-corrected chi connectivity index (χ4v) is 2.45. The molecule has 25 heavy (non-hydrogen) atoms. The quantitative estimate of drug-likeness (QED) is 0.777. The van der Waals surface area contributed by atoms with E-state index in [-0.39, 0.29) is 24.0 Å². The molecular formula is C17H15F2N3O3. The van der Waals surface area contributed by atoms with Crippen molar-refractivity contribution in [1.82, 2.24) is 0 Å². The molecule has 0 unspecified atom stereocenters. The standard InChI is InChI=1S/C17H15F2N3O3/c18-17(19)25-11-7-5-10(6-8-11)20-15(23)9-14-16(24)22-13-4-2-1-3-12(13)21-14/h1-8,14,17,21H,9H2,(H,20,23)(H,22,24)/t14-/m1/s1. The molecule has 8 heteroatoms. The van der Waals surface area contributed by atoms with Crippen molar-refractivity contribution in [2.24, 2.45) is 0 Å². The summed E-state index contributed by atoms with van der Waals surface area (Å²) < 4.78 is 28.4. The van der Waals surface area contributed by atoms with Crippen LogP contribution in [0.1, 0.15) is 6.42 Å². The Bertz CT molecular complexity index is 781. The molecule has 6 nitrogen and oxygen atoms in total. The maximum atomic E-state index is 12.1. The third-order valence-corrected chi connectivity index (χ3v) is 3.58. The van der Waals surface area contributed by atoms with E-state index >= 15 is 0 Å².